The molecule has 1 aromatic carbocycles. The van der Waals surface area contributed by atoms with Crippen molar-refractivity contribution in [2.24, 2.45) is 5.10 Å². The van der Waals surface area contributed by atoms with E-state index in [2.05, 4.69) is 22.5 Å². The summed E-state index contributed by atoms with van der Waals surface area (Å²) in [6, 6.07) is 6.88. The number of aromatic nitrogens is 2. The number of rotatable bonds is 8. The van der Waals surface area contributed by atoms with Crippen molar-refractivity contribution in [1.82, 2.24) is 15.2 Å². The average Bonchev–Trinajstić information content (AvgIpc) is 2.88. The zero-order valence-corrected chi connectivity index (χ0v) is 15.5. The molecule has 1 heterocycles. The summed E-state index contributed by atoms with van der Waals surface area (Å²) in [7, 11) is 0. The molecular formula is C18H23ClN4O2. The summed E-state index contributed by atoms with van der Waals surface area (Å²) in [5.74, 6) is 0.427. The Morgan fingerprint density at radius 1 is 1.36 bits per heavy atom. The minimum Gasteiger partial charge on any atom is -0.494 e. The molecule has 7 heteroatoms. The molecule has 0 aliphatic carbocycles. The molecule has 0 spiro atoms. The standard InChI is InChI=1S/C18H23ClN4O2/c1-4-6-11-23-17(19)16(13(3)22-23)12-20-21-18(24)14-7-9-15(10-8-14)25-5-2/h7-10,12H,4-6,11H2,1-3H3,(H,21,24)/b20-12-. The van der Waals surface area contributed by atoms with Crippen LogP contribution in [-0.2, 0) is 6.54 Å². The van der Waals surface area contributed by atoms with E-state index in [1.165, 1.54) is 6.21 Å². The molecule has 1 N–H and O–H groups in total. The van der Waals surface area contributed by atoms with E-state index < -0.39 is 0 Å². The van der Waals surface area contributed by atoms with E-state index in [0.29, 0.717) is 22.9 Å². The molecule has 6 nitrogen and oxygen atoms in total. The van der Waals surface area contributed by atoms with Gasteiger partial charge in [-0.05, 0) is 44.5 Å². The first kappa shape index (κ1) is 19.0. The van der Waals surface area contributed by atoms with E-state index in [0.717, 1.165) is 30.8 Å². The van der Waals surface area contributed by atoms with Crippen molar-refractivity contribution in [3.05, 3.63) is 46.2 Å². The molecule has 0 unspecified atom stereocenters. The van der Waals surface area contributed by atoms with Crippen molar-refractivity contribution in [2.45, 2.75) is 40.2 Å². The monoisotopic (exact) mass is 362 g/mol. The topological polar surface area (TPSA) is 68.5 Å². The summed E-state index contributed by atoms with van der Waals surface area (Å²) >= 11 is 6.33. The maximum atomic E-state index is 12.1. The number of hydrogen-bond acceptors (Lipinski definition) is 4. The molecule has 0 aliphatic heterocycles. The normalized spacial score (nSPS) is 11.0. The number of ether oxygens (including phenoxy) is 1. The molecule has 2 aromatic rings. The number of carbonyl (C=O) groups is 1. The summed E-state index contributed by atoms with van der Waals surface area (Å²) in [6.07, 6.45) is 3.60. The molecule has 0 saturated heterocycles. The van der Waals surface area contributed by atoms with E-state index in [9.17, 15) is 4.79 Å². The predicted molar refractivity (Wildman–Crippen MR) is 99.6 cm³/mol. The number of aryl methyl sites for hydroxylation is 2. The van der Waals surface area contributed by atoms with Gasteiger partial charge in [-0.25, -0.2) is 5.43 Å². The number of halogens is 1. The highest BCUT2D eigenvalue weighted by atomic mass is 35.5. The van der Waals surface area contributed by atoms with Crippen molar-refractivity contribution >= 4 is 23.7 Å². The third-order valence-electron chi connectivity index (χ3n) is 3.62. The Morgan fingerprint density at radius 2 is 2.08 bits per heavy atom. The van der Waals surface area contributed by atoms with E-state index in [1.807, 2.05) is 13.8 Å². The smallest absolute Gasteiger partial charge is 0.271 e. The Hall–Kier alpha value is -2.34. The number of benzene rings is 1. The van der Waals surface area contributed by atoms with Gasteiger partial charge in [-0.15, -0.1) is 0 Å². The highest BCUT2D eigenvalue weighted by Gasteiger charge is 2.11. The number of nitrogens with zero attached hydrogens (tertiary/aromatic N) is 3. The second-order valence-corrected chi connectivity index (χ2v) is 5.88. The first-order valence-corrected chi connectivity index (χ1v) is 8.73. The predicted octanol–water partition coefficient (Wildman–Crippen LogP) is 3.81. The van der Waals surface area contributed by atoms with Crippen molar-refractivity contribution < 1.29 is 9.53 Å². The van der Waals surface area contributed by atoms with Crippen LogP contribution in [-0.4, -0.2) is 28.5 Å². The zero-order chi connectivity index (χ0) is 18.2. The van der Waals surface area contributed by atoms with Crippen LogP contribution >= 0.6 is 11.6 Å². The summed E-state index contributed by atoms with van der Waals surface area (Å²) < 4.78 is 7.11. The van der Waals surface area contributed by atoms with Gasteiger partial charge in [0, 0.05) is 12.1 Å². The van der Waals surface area contributed by atoms with Crippen LogP contribution in [0.25, 0.3) is 0 Å². The molecule has 0 aliphatic rings. The molecule has 2 rings (SSSR count). The van der Waals surface area contributed by atoms with Gasteiger partial charge in [0.05, 0.1) is 24.1 Å². The van der Waals surface area contributed by atoms with E-state index in [-0.39, 0.29) is 5.91 Å². The van der Waals surface area contributed by atoms with Crippen LogP contribution in [0.5, 0.6) is 5.75 Å². The SMILES string of the molecule is CCCCn1nc(C)c(/C=N\NC(=O)c2ccc(OCC)cc2)c1Cl. The first-order chi connectivity index (χ1) is 12.1. The lowest BCUT2D eigenvalue weighted by Crippen LogP contribution is -2.17. The molecule has 0 fully saturated rings. The summed E-state index contributed by atoms with van der Waals surface area (Å²) in [4.78, 5) is 12.1. The highest BCUT2D eigenvalue weighted by Crippen LogP contribution is 2.18. The molecular weight excluding hydrogens is 340 g/mol. The fourth-order valence-corrected chi connectivity index (χ4v) is 2.57. The number of amides is 1. The van der Waals surface area contributed by atoms with Gasteiger partial charge in [0.15, 0.2) is 0 Å². The molecule has 0 radical (unpaired) electrons. The van der Waals surface area contributed by atoms with Gasteiger partial charge >= 0.3 is 0 Å². The van der Waals surface area contributed by atoms with Crippen molar-refractivity contribution in [2.75, 3.05) is 6.61 Å². The number of nitrogens with one attached hydrogen (secondary N) is 1. The van der Waals surface area contributed by atoms with Crippen LogP contribution in [0.3, 0.4) is 0 Å². The first-order valence-electron chi connectivity index (χ1n) is 8.36. The number of hydrogen-bond donors (Lipinski definition) is 1. The Labute approximate surface area is 152 Å². The zero-order valence-electron chi connectivity index (χ0n) is 14.8. The number of unbranched alkanes of at least 4 members (excludes halogenated alkanes) is 1. The molecule has 25 heavy (non-hydrogen) atoms. The van der Waals surface area contributed by atoms with E-state index in [4.69, 9.17) is 16.3 Å². The van der Waals surface area contributed by atoms with Gasteiger partial charge in [-0.2, -0.15) is 10.2 Å². The Bertz CT molecular complexity index is 738. The van der Waals surface area contributed by atoms with Crippen LogP contribution < -0.4 is 10.2 Å². The van der Waals surface area contributed by atoms with Crippen molar-refractivity contribution in [3.8, 4) is 5.75 Å². The van der Waals surface area contributed by atoms with Crippen LogP contribution in [0.2, 0.25) is 5.15 Å². The van der Waals surface area contributed by atoms with Crippen molar-refractivity contribution in [1.29, 1.82) is 0 Å². The highest BCUT2D eigenvalue weighted by molar-refractivity contribution is 6.32. The van der Waals surface area contributed by atoms with Crippen molar-refractivity contribution in [3.63, 3.8) is 0 Å². The lowest BCUT2D eigenvalue weighted by Gasteiger charge is -2.04. The lowest BCUT2D eigenvalue weighted by molar-refractivity contribution is 0.0955. The molecule has 1 amide bonds. The Kier molecular flexibility index (Phi) is 7.01. The maximum absolute atomic E-state index is 12.1. The third kappa shape index (κ3) is 5.06. The molecule has 1 aromatic heterocycles. The lowest BCUT2D eigenvalue weighted by atomic mass is 10.2. The molecule has 0 saturated carbocycles. The number of carbonyl (C=O) groups excluding carboxylic acids is 1. The minimum absolute atomic E-state index is 0.300. The number of hydrazone groups is 1. The largest absolute Gasteiger partial charge is 0.494 e. The molecule has 134 valence electrons. The average molecular weight is 363 g/mol. The van der Waals surface area contributed by atoms with Gasteiger partial charge in [-0.3, -0.25) is 9.48 Å². The second kappa shape index (κ2) is 9.22. The Balaban J connectivity index is 2.00. The summed E-state index contributed by atoms with van der Waals surface area (Å²) in [6.45, 7) is 7.24. The van der Waals surface area contributed by atoms with Gasteiger partial charge in [0.2, 0.25) is 0 Å². The summed E-state index contributed by atoms with van der Waals surface area (Å²) in [5, 5.41) is 8.93. The quantitative estimate of drug-likeness (QED) is 0.573. The van der Waals surface area contributed by atoms with Crippen LogP contribution in [0.4, 0.5) is 0 Å². The van der Waals surface area contributed by atoms with Gasteiger partial charge in [0.1, 0.15) is 10.9 Å². The summed E-state index contributed by atoms with van der Waals surface area (Å²) in [5.41, 5.74) is 4.49. The van der Waals surface area contributed by atoms with Gasteiger partial charge in [-0.1, -0.05) is 24.9 Å². The van der Waals surface area contributed by atoms with E-state index in [1.54, 1.807) is 28.9 Å². The van der Waals surface area contributed by atoms with E-state index >= 15 is 0 Å². The van der Waals surface area contributed by atoms with Gasteiger partial charge < -0.3 is 4.74 Å². The second-order valence-electron chi connectivity index (χ2n) is 5.52. The van der Waals surface area contributed by atoms with Crippen LogP contribution in [0.1, 0.15) is 48.3 Å². The molecule has 0 atom stereocenters. The fourth-order valence-electron chi connectivity index (χ4n) is 2.26. The third-order valence-corrected chi connectivity index (χ3v) is 4.02. The maximum Gasteiger partial charge on any atom is 0.271 e. The minimum atomic E-state index is -0.300. The Morgan fingerprint density at radius 3 is 2.72 bits per heavy atom. The van der Waals surface area contributed by atoms with Crippen LogP contribution in [0.15, 0.2) is 29.4 Å². The van der Waals surface area contributed by atoms with Crippen LogP contribution in [0, 0.1) is 6.92 Å². The fraction of sp³-hybridized carbons (Fsp3) is 0.389. The van der Waals surface area contributed by atoms with Gasteiger partial charge in [0.25, 0.3) is 5.91 Å². The molecule has 0 bridgehead atoms.